The lowest BCUT2D eigenvalue weighted by Crippen LogP contribution is -2.51. The number of amides is 2. The van der Waals surface area contributed by atoms with Crippen LogP contribution in [0.1, 0.15) is 19.6 Å². The summed E-state index contributed by atoms with van der Waals surface area (Å²) in [6.07, 6.45) is -0.149. The van der Waals surface area contributed by atoms with Crippen LogP contribution in [-0.2, 0) is 14.3 Å². The van der Waals surface area contributed by atoms with Gasteiger partial charge in [0.25, 0.3) is 0 Å². The van der Waals surface area contributed by atoms with Crippen molar-refractivity contribution in [2.24, 2.45) is 0 Å². The first-order valence-electron chi connectivity index (χ1n) is 6.14. The maximum atomic E-state index is 12.0. The molecule has 1 fully saturated rings. The number of aromatic nitrogens is 1. The van der Waals surface area contributed by atoms with E-state index in [0.29, 0.717) is 18.8 Å². The molecule has 1 aromatic heterocycles. The average molecular weight is 267 g/mol. The highest BCUT2D eigenvalue weighted by Crippen LogP contribution is 2.12. The third kappa shape index (κ3) is 3.31. The van der Waals surface area contributed by atoms with E-state index >= 15 is 0 Å². The predicted molar refractivity (Wildman–Crippen MR) is 66.5 cm³/mol. The second-order valence-electron chi connectivity index (χ2n) is 4.74. The van der Waals surface area contributed by atoms with Gasteiger partial charge in [-0.1, -0.05) is 5.16 Å². The van der Waals surface area contributed by atoms with Crippen molar-refractivity contribution in [3.63, 3.8) is 0 Å². The molecule has 2 atom stereocenters. The van der Waals surface area contributed by atoms with Crippen molar-refractivity contribution in [1.82, 2.24) is 10.1 Å². The van der Waals surface area contributed by atoms with Crippen molar-refractivity contribution < 1.29 is 18.8 Å². The molecule has 2 rings (SSSR count). The molecule has 1 aromatic rings. The van der Waals surface area contributed by atoms with Gasteiger partial charge in [-0.15, -0.1) is 0 Å². The quantitative estimate of drug-likeness (QED) is 0.751. The van der Waals surface area contributed by atoms with Crippen molar-refractivity contribution >= 4 is 17.6 Å². The molecule has 19 heavy (non-hydrogen) atoms. The van der Waals surface area contributed by atoms with Crippen molar-refractivity contribution in [3.8, 4) is 0 Å². The fourth-order valence-electron chi connectivity index (χ4n) is 2.08. The number of morpholine rings is 1. The summed E-state index contributed by atoms with van der Waals surface area (Å²) in [6.45, 7) is 6.27. The van der Waals surface area contributed by atoms with Crippen LogP contribution in [0.5, 0.6) is 0 Å². The predicted octanol–water partition coefficient (Wildman–Crippen LogP) is 0.557. The first kappa shape index (κ1) is 13.5. The Hall–Kier alpha value is -1.89. The molecule has 0 aromatic carbocycles. The zero-order valence-electron chi connectivity index (χ0n) is 11.2. The van der Waals surface area contributed by atoms with Crippen LogP contribution in [0.15, 0.2) is 10.6 Å². The monoisotopic (exact) mass is 267 g/mol. The molecular weight excluding hydrogens is 250 g/mol. The third-order valence-electron chi connectivity index (χ3n) is 2.77. The van der Waals surface area contributed by atoms with E-state index in [4.69, 9.17) is 9.26 Å². The molecule has 104 valence electrons. The highest BCUT2D eigenvalue weighted by atomic mass is 16.5. The van der Waals surface area contributed by atoms with Crippen LogP contribution in [0, 0.1) is 6.92 Å². The second-order valence-corrected chi connectivity index (χ2v) is 4.74. The van der Waals surface area contributed by atoms with Gasteiger partial charge in [0.2, 0.25) is 0 Å². The van der Waals surface area contributed by atoms with Gasteiger partial charge in [0.05, 0.1) is 12.2 Å². The van der Waals surface area contributed by atoms with E-state index < -0.39 is 11.8 Å². The lowest BCUT2D eigenvalue weighted by molar-refractivity contribution is -0.151. The zero-order valence-corrected chi connectivity index (χ0v) is 11.2. The van der Waals surface area contributed by atoms with Gasteiger partial charge in [0.15, 0.2) is 5.82 Å². The minimum absolute atomic E-state index is 0.0743. The van der Waals surface area contributed by atoms with E-state index in [2.05, 4.69) is 10.5 Å². The number of rotatable bonds is 1. The molecule has 0 spiro atoms. The number of carbonyl (C=O) groups is 2. The minimum atomic E-state index is -0.713. The maximum Gasteiger partial charge on any atom is 0.315 e. The van der Waals surface area contributed by atoms with Crippen molar-refractivity contribution in [3.05, 3.63) is 11.8 Å². The summed E-state index contributed by atoms with van der Waals surface area (Å²) >= 11 is 0. The van der Waals surface area contributed by atoms with Gasteiger partial charge >= 0.3 is 11.8 Å². The molecule has 7 nitrogen and oxygen atoms in total. The van der Waals surface area contributed by atoms with Crippen LogP contribution >= 0.6 is 0 Å². The van der Waals surface area contributed by atoms with E-state index in [-0.39, 0.29) is 18.0 Å². The molecule has 0 bridgehead atoms. The Morgan fingerprint density at radius 3 is 2.53 bits per heavy atom. The molecule has 7 heteroatoms. The summed E-state index contributed by atoms with van der Waals surface area (Å²) in [5.41, 5.74) is 0. The zero-order chi connectivity index (χ0) is 14.0. The number of ether oxygens (including phenoxy) is 1. The molecule has 2 amide bonds. The summed E-state index contributed by atoms with van der Waals surface area (Å²) in [7, 11) is 0. The Kier molecular flexibility index (Phi) is 3.84. The van der Waals surface area contributed by atoms with Crippen molar-refractivity contribution in [2.45, 2.75) is 33.0 Å². The normalized spacial score (nSPS) is 23.2. The van der Waals surface area contributed by atoms with Gasteiger partial charge in [-0.25, -0.2) is 0 Å². The summed E-state index contributed by atoms with van der Waals surface area (Å²) in [4.78, 5) is 25.3. The number of aryl methyl sites for hydroxylation is 1. The number of carbonyl (C=O) groups excluding carboxylic acids is 2. The number of anilines is 1. The summed E-state index contributed by atoms with van der Waals surface area (Å²) < 4.78 is 10.3. The fraction of sp³-hybridized carbons (Fsp3) is 0.583. The number of nitrogens with zero attached hydrogens (tertiary/aromatic N) is 2. The van der Waals surface area contributed by atoms with Gasteiger partial charge in [-0.2, -0.15) is 0 Å². The van der Waals surface area contributed by atoms with Crippen LogP contribution in [0.25, 0.3) is 0 Å². The third-order valence-corrected chi connectivity index (χ3v) is 2.77. The molecule has 2 heterocycles. The summed E-state index contributed by atoms with van der Waals surface area (Å²) in [5, 5.41) is 6.02. The molecule has 1 aliphatic rings. The maximum absolute atomic E-state index is 12.0. The van der Waals surface area contributed by atoms with Crippen LogP contribution in [0.2, 0.25) is 0 Å². The Morgan fingerprint density at radius 1 is 1.37 bits per heavy atom. The Balaban J connectivity index is 1.97. The number of hydrogen-bond donors (Lipinski definition) is 1. The number of hydrogen-bond acceptors (Lipinski definition) is 5. The summed E-state index contributed by atoms with van der Waals surface area (Å²) in [5.74, 6) is -0.487. The van der Waals surface area contributed by atoms with Gasteiger partial charge < -0.3 is 14.2 Å². The highest BCUT2D eigenvalue weighted by molar-refractivity contribution is 6.39. The van der Waals surface area contributed by atoms with E-state index in [1.54, 1.807) is 13.0 Å². The van der Waals surface area contributed by atoms with Crippen molar-refractivity contribution in [2.75, 3.05) is 18.4 Å². The van der Waals surface area contributed by atoms with E-state index in [1.807, 2.05) is 13.8 Å². The molecule has 2 unspecified atom stereocenters. The smallest absolute Gasteiger partial charge is 0.315 e. The van der Waals surface area contributed by atoms with Crippen LogP contribution < -0.4 is 5.32 Å². The largest absolute Gasteiger partial charge is 0.372 e. The van der Waals surface area contributed by atoms with E-state index in [1.165, 1.54) is 4.90 Å². The molecule has 0 aliphatic carbocycles. The van der Waals surface area contributed by atoms with Gasteiger partial charge in [-0.3, -0.25) is 14.9 Å². The molecular formula is C12H17N3O4. The lowest BCUT2D eigenvalue weighted by Gasteiger charge is -2.34. The van der Waals surface area contributed by atoms with Crippen LogP contribution in [0.4, 0.5) is 5.82 Å². The minimum Gasteiger partial charge on any atom is -0.372 e. The van der Waals surface area contributed by atoms with Crippen LogP contribution in [-0.4, -0.2) is 47.2 Å². The summed E-state index contributed by atoms with van der Waals surface area (Å²) in [6, 6.07) is 1.55. The molecule has 1 N–H and O–H groups in total. The van der Waals surface area contributed by atoms with E-state index in [0.717, 1.165) is 0 Å². The molecule has 1 aliphatic heterocycles. The Labute approximate surface area is 110 Å². The molecule has 0 saturated carbocycles. The second kappa shape index (κ2) is 5.40. The Bertz CT molecular complexity index is 475. The fourth-order valence-corrected chi connectivity index (χ4v) is 2.08. The highest BCUT2D eigenvalue weighted by Gasteiger charge is 2.30. The van der Waals surface area contributed by atoms with Crippen LogP contribution in [0.3, 0.4) is 0 Å². The average Bonchev–Trinajstić information content (AvgIpc) is 2.72. The van der Waals surface area contributed by atoms with Gasteiger partial charge in [0, 0.05) is 19.2 Å². The Morgan fingerprint density at radius 2 is 2.00 bits per heavy atom. The van der Waals surface area contributed by atoms with Gasteiger partial charge in [-0.05, 0) is 20.8 Å². The molecule has 1 saturated heterocycles. The van der Waals surface area contributed by atoms with E-state index in [9.17, 15) is 9.59 Å². The first-order chi connectivity index (χ1) is 8.95. The van der Waals surface area contributed by atoms with Gasteiger partial charge in [0.1, 0.15) is 5.76 Å². The molecule has 0 radical (unpaired) electrons. The first-order valence-corrected chi connectivity index (χ1v) is 6.14. The standard InChI is InChI=1S/C12H17N3O4/c1-7-4-10(14-19-7)13-11(16)12(17)15-5-8(2)18-9(3)6-15/h4,8-9H,5-6H2,1-3H3,(H,13,14,16). The lowest BCUT2D eigenvalue weighted by atomic mass is 10.2. The van der Waals surface area contributed by atoms with Crippen molar-refractivity contribution in [1.29, 1.82) is 0 Å². The SMILES string of the molecule is Cc1cc(NC(=O)C(=O)N2CC(C)OC(C)C2)no1. The number of nitrogens with one attached hydrogen (secondary N) is 1. The topological polar surface area (TPSA) is 84.7 Å².